The van der Waals surface area contributed by atoms with Crippen molar-refractivity contribution in [3.05, 3.63) is 35.6 Å². The van der Waals surface area contributed by atoms with Gasteiger partial charge in [-0.25, -0.2) is 4.39 Å². The zero-order valence-corrected chi connectivity index (χ0v) is 10.9. The molecule has 0 aromatic heterocycles. The second-order valence-electron chi connectivity index (χ2n) is 4.86. The van der Waals surface area contributed by atoms with E-state index in [4.69, 9.17) is 4.74 Å². The van der Waals surface area contributed by atoms with Crippen LogP contribution in [0.5, 0.6) is 0 Å². The molecule has 1 aliphatic heterocycles. The third-order valence-corrected chi connectivity index (χ3v) is 3.60. The van der Waals surface area contributed by atoms with Gasteiger partial charge in [0.05, 0.1) is 12.5 Å². The van der Waals surface area contributed by atoms with Crippen LogP contribution in [-0.4, -0.2) is 49.3 Å². The molecule has 1 aliphatic rings. The number of carboxylic acids is 1. The van der Waals surface area contributed by atoms with Crippen molar-refractivity contribution in [2.45, 2.75) is 5.92 Å². The van der Waals surface area contributed by atoms with Crippen LogP contribution in [0, 0.1) is 11.7 Å². The van der Waals surface area contributed by atoms with E-state index >= 15 is 0 Å². The minimum atomic E-state index is -0.825. The Morgan fingerprint density at radius 1 is 1.53 bits per heavy atom. The van der Waals surface area contributed by atoms with Crippen LogP contribution in [0.2, 0.25) is 0 Å². The molecule has 0 unspecified atom stereocenters. The van der Waals surface area contributed by atoms with E-state index in [1.165, 1.54) is 12.1 Å². The lowest BCUT2D eigenvalue weighted by Gasteiger charge is -2.15. The third-order valence-electron chi connectivity index (χ3n) is 3.60. The second kappa shape index (κ2) is 6.12. The molecular formula is C14H18FNO3. The first-order chi connectivity index (χ1) is 9.11. The predicted octanol–water partition coefficient (Wildman–Crippen LogP) is 1.57. The smallest absolute Gasteiger partial charge is 0.308 e. The van der Waals surface area contributed by atoms with E-state index in [0.29, 0.717) is 26.2 Å². The summed E-state index contributed by atoms with van der Waals surface area (Å²) < 4.78 is 18.3. The van der Waals surface area contributed by atoms with Gasteiger partial charge in [-0.2, -0.15) is 0 Å². The molecule has 1 heterocycles. The van der Waals surface area contributed by atoms with E-state index in [-0.39, 0.29) is 11.7 Å². The monoisotopic (exact) mass is 267 g/mol. The minimum absolute atomic E-state index is 0.162. The number of rotatable bonds is 5. The van der Waals surface area contributed by atoms with Crippen LogP contribution < -0.4 is 0 Å². The Kier molecular flexibility index (Phi) is 4.50. The number of halogens is 1. The van der Waals surface area contributed by atoms with Gasteiger partial charge < -0.3 is 9.84 Å². The van der Waals surface area contributed by atoms with E-state index in [2.05, 4.69) is 4.90 Å². The van der Waals surface area contributed by atoms with Crippen LogP contribution in [0.15, 0.2) is 24.3 Å². The van der Waals surface area contributed by atoms with Gasteiger partial charge in [0.15, 0.2) is 0 Å². The van der Waals surface area contributed by atoms with Gasteiger partial charge in [0.1, 0.15) is 5.82 Å². The highest BCUT2D eigenvalue weighted by Gasteiger charge is 2.38. The quantitative estimate of drug-likeness (QED) is 0.880. The van der Waals surface area contributed by atoms with E-state index in [1.807, 2.05) is 0 Å². The molecule has 19 heavy (non-hydrogen) atoms. The first-order valence-corrected chi connectivity index (χ1v) is 6.31. The van der Waals surface area contributed by atoms with Gasteiger partial charge in [-0.05, 0) is 17.7 Å². The van der Waals surface area contributed by atoms with E-state index in [0.717, 1.165) is 5.56 Å². The lowest BCUT2D eigenvalue weighted by Crippen LogP contribution is -2.26. The van der Waals surface area contributed by atoms with E-state index in [1.54, 1.807) is 19.2 Å². The summed E-state index contributed by atoms with van der Waals surface area (Å²) in [5.41, 5.74) is 0.757. The molecule has 5 heteroatoms. The van der Waals surface area contributed by atoms with Crippen LogP contribution in [0.4, 0.5) is 4.39 Å². The maximum Gasteiger partial charge on any atom is 0.308 e. The molecule has 1 N–H and O–H groups in total. The molecule has 0 spiro atoms. The van der Waals surface area contributed by atoms with Crippen molar-refractivity contribution in [1.82, 2.24) is 4.90 Å². The van der Waals surface area contributed by atoms with Crippen LogP contribution in [-0.2, 0) is 9.53 Å². The number of hydrogen-bond donors (Lipinski definition) is 1. The zero-order valence-electron chi connectivity index (χ0n) is 10.9. The fourth-order valence-electron chi connectivity index (χ4n) is 2.61. The molecule has 1 fully saturated rings. The van der Waals surface area contributed by atoms with Gasteiger partial charge in [0.25, 0.3) is 0 Å². The van der Waals surface area contributed by atoms with Gasteiger partial charge in [-0.1, -0.05) is 12.1 Å². The number of methoxy groups -OCH3 is 1. The Labute approximate surface area is 111 Å². The standard InChI is InChI=1S/C14H18FNO3/c1-19-6-5-16-8-12(13(9-16)14(17)18)10-3-2-4-11(15)7-10/h2-4,7,12-13H,5-6,8-9H2,1H3,(H,17,18)/t12-,13+/m0/s1. The number of hydrogen-bond acceptors (Lipinski definition) is 3. The molecule has 0 saturated carbocycles. The van der Waals surface area contributed by atoms with Crippen molar-refractivity contribution < 1.29 is 19.0 Å². The van der Waals surface area contributed by atoms with Gasteiger partial charge in [-0.3, -0.25) is 9.69 Å². The minimum Gasteiger partial charge on any atom is -0.481 e. The summed E-state index contributed by atoms with van der Waals surface area (Å²) in [5.74, 6) is -1.80. The maximum atomic E-state index is 13.3. The van der Waals surface area contributed by atoms with Crippen molar-refractivity contribution in [3.63, 3.8) is 0 Å². The molecule has 0 amide bonds. The Bertz CT molecular complexity index is 452. The van der Waals surface area contributed by atoms with Gasteiger partial charge >= 0.3 is 5.97 Å². The molecule has 0 aliphatic carbocycles. The number of carbonyl (C=O) groups is 1. The fourth-order valence-corrected chi connectivity index (χ4v) is 2.61. The number of carboxylic acid groups (broad SMARTS) is 1. The molecule has 2 atom stereocenters. The van der Waals surface area contributed by atoms with Crippen molar-refractivity contribution in [2.75, 3.05) is 33.4 Å². The molecule has 104 valence electrons. The highest BCUT2D eigenvalue weighted by molar-refractivity contribution is 5.72. The number of benzene rings is 1. The summed E-state index contributed by atoms with van der Waals surface area (Å²) in [5, 5.41) is 9.31. The highest BCUT2D eigenvalue weighted by atomic mass is 19.1. The molecular weight excluding hydrogens is 249 g/mol. The van der Waals surface area contributed by atoms with Crippen molar-refractivity contribution in [2.24, 2.45) is 5.92 Å². The summed E-state index contributed by atoms with van der Waals surface area (Å²) in [6.07, 6.45) is 0. The SMILES string of the molecule is COCCN1C[C@@H](C(=O)O)[C@H](c2cccc(F)c2)C1. The molecule has 1 saturated heterocycles. The van der Waals surface area contributed by atoms with Gasteiger partial charge in [0.2, 0.25) is 0 Å². The molecule has 4 nitrogen and oxygen atoms in total. The lowest BCUT2D eigenvalue weighted by molar-refractivity contribution is -0.141. The number of ether oxygens (including phenoxy) is 1. The summed E-state index contributed by atoms with van der Waals surface area (Å²) in [6, 6.07) is 6.22. The van der Waals surface area contributed by atoms with Gasteiger partial charge in [-0.15, -0.1) is 0 Å². The summed E-state index contributed by atoms with van der Waals surface area (Å²) in [4.78, 5) is 13.4. The van der Waals surface area contributed by atoms with Gasteiger partial charge in [0, 0.05) is 32.7 Å². The summed E-state index contributed by atoms with van der Waals surface area (Å²) in [6.45, 7) is 2.39. The summed E-state index contributed by atoms with van der Waals surface area (Å²) in [7, 11) is 1.62. The normalized spacial score (nSPS) is 23.7. The predicted molar refractivity (Wildman–Crippen MR) is 68.6 cm³/mol. The Morgan fingerprint density at radius 3 is 2.95 bits per heavy atom. The number of likely N-dealkylation sites (tertiary alicyclic amines) is 1. The Hall–Kier alpha value is -1.46. The van der Waals surface area contributed by atoms with Crippen molar-refractivity contribution in [1.29, 1.82) is 0 Å². The molecule has 1 aromatic carbocycles. The fraction of sp³-hybridized carbons (Fsp3) is 0.500. The number of aliphatic carboxylic acids is 1. The lowest BCUT2D eigenvalue weighted by atomic mass is 9.89. The molecule has 2 rings (SSSR count). The van der Waals surface area contributed by atoms with Crippen molar-refractivity contribution in [3.8, 4) is 0 Å². The largest absolute Gasteiger partial charge is 0.481 e. The average molecular weight is 267 g/mol. The number of nitrogens with zero attached hydrogens (tertiary/aromatic N) is 1. The molecule has 1 aromatic rings. The molecule has 0 radical (unpaired) electrons. The Morgan fingerprint density at radius 2 is 2.32 bits per heavy atom. The second-order valence-corrected chi connectivity index (χ2v) is 4.86. The topological polar surface area (TPSA) is 49.8 Å². The summed E-state index contributed by atoms with van der Waals surface area (Å²) >= 11 is 0. The maximum absolute atomic E-state index is 13.3. The van der Waals surface area contributed by atoms with Crippen LogP contribution >= 0.6 is 0 Å². The third kappa shape index (κ3) is 3.30. The first-order valence-electron chi connectivity index (χ1n) is 6.31. The highest BCUT2D eigenvalue weighted by Crippen LogP contribution is 2.33. The first kappa shape index (κ1) is 14.0. The van der Waals surface area contributed by atoms with E-state index in [9.17, 15) is 14.3 Å². The van der Waals surface area contributed by atoms with Crippen LogP contribution in [0.1, 0.15) is 11.5 Å². The van der Waals surface area contributed by atoms with Crippen molar-refractivity contribution >= 4 is 5.97 Å². The van der Waals surface area contributed by atoms with Crippen LogP contribution in [0.25, 0.3) is 0 Å². The van der Waals surface area contributed by atoms with Crippen LogP contribution in [0.3, 0.4) is 0 Å². The zero-order chi connectivity index (χ0) is 13.8. The van der Waals surface area contributed by atoms with E-state index < -0.39 is 11.9 Å². The Balaban J connectivity index is 2.15. The average Bonchev–Trinajstić information content (AvgIpc) is 2.80. The molecule has 0 bridgehead atoms.